The maximum atomic E-state index is 12.7. The molecule has 0 spiro atoms. The van der Waals surface area contributed by atoms with Gasteiger partial charge in [0.1, 0.15) is 0 Å². The predicted molar refractivity (Wildman–Crippen MR) is 124 cm³/mol. The van der Waals surface area contributed by atoms with E-state index in [0.717, 1.165) is 16.8 Å². The molecule has 0 radical (unpaired) electrons. The fourth-order valence-corrected chi connectivity index (χ4v) is 4.61. The molecule has 3 aromatic carbocycles. The molecule has 1 aliphatic heterocycles. The Balaban J connectivity index is 1.51. The van der Waals surface area contributed by atoms with Gasteiger partial charge in [0.2, 0.25) is 0 Å². The highest BCUT2D eigenvalue weighted by Crippen LogP contribution is 2.31. The number of aryl methyl sites for hydroxylation is 2. The van der Waals surface area contributed by atoms with Crippen molar-refractivity contribution in [3.8, 4) is 17.1 Å². The molecule has 0 unspecified atom stereocenters. The van der Waals surface area contributed by atoms with Crippen LogP contribution >= 0.6 is 11.8 Å². The zero-order valence-electron chi connectivity index (χ0n) is 17.6. The first-order valence-electron chi connectivity index (χ1n) is 10.2. The van der Waals surface area contributed by atoms with Crippen LogP contribution in [0.3, 0.4) is 0 Å². The molecule has 0 aliphatic carbocycles. The highest BCUT2D eigenvalue weighted by molar-refractivity contribution is 7.99. The van der Waals surface area contributed by atoms with Gasteiger partial charge in [-0.3, -0.25) is 19.1 Å². The molecule has 158 valence electrons. The van der Waals surface area contributed by atoms with Crippen LogP contribution < -0.4 is 0 Å². The van der Waals surface area contributed by atoms with Gasteiger partial charge in [-0.25, -0.2) is 0 Å². The van der Waals surface area contributed by atoms with Crippen LogP contribution in [0.1, 0.15) is 31.8 Å². The van der Waals surface area contributed by atoms with E-state index in [1.807, 2.05) is 41.0 Å². The molecule has 1 aromatic heterocycles. The maximum absolute atomic E-state index is 12.7. The molecular weight excluding hydrogens is 420 g/mol. The number of benzene rings is 3. The minimum absolute atomic E-state index is 0.157. The van der Waals surface area contributed by atoms with Crippen LogP contribution in [0.4, 0.5) is 0 Å². The number of imide groups is 1. The summed E-state index contributed by atoms with van der Waals surface area (Å²) >= 11 is 1.32. The van der Waals surface area contributed by atoms with Gasteiger partial charge in [-0.2, -0.15) is 0 Å². The van der Waals surface area contributed by atoms with Crippen molar-refractivity contribution in [1.29, 1.82) is 0 Å². The van der Waals surface area contributed by atoms with Gasteiger partial charge in [0.05, 0.1) is 22.7 Å². The largest absolute Gasteiger partial charge is 0.270 e. The summed E-state index contributed by atoms with van der Waals surface area (Å²) in [5.74, 6) is 0.306. The van der Waals surface area contributed by atoms with Gasteiger partial charge in [-0.1, -0.05) is 60.3 Å². The third kappa shape index (κ3) is 3.40. The first-order valence-corrected chi connectivity index (χ1v) is 11.2. The Bertz CT molecular complexity index is 1310. The van der Waals surface area contributed by atoms with Gasteiger partial charge < -0.3 is 0 Å². The summed E-state index contributed by atoms with van der Waals surface area (Å²) in [6.07, 6.45) is 0. The van der Waals surface area contributed by atoms with Crippen molar-refractivity contribution in [2.24, 2.45) is 0 Å². The summed E-state index contributed by atoms with van der Waals surface area (Å²) in [7, 11) is 0. The lowest BCUT2D eigenvalue weighted by atomic mass is 10.1. The fourth-order valence-electron chi connectivity index (χ4n) is 3.71. The normalized spacial score (nSPS) is 13.0. The van der Waals surface area contributed by atoms with E-state index in [0.29, 0.717) is 22.1 Å². The zero-order valence-corrected chi connectivity index (χ0v) is 18.5. The van der Waals surface area contributed by atoms with Gasteiger partial charge in [-0.05, 0) is 49.2 Å². The van der Waals surface area contributed by atoms with Gasteiger partial charge in [0.15, 0.2) is 11.0 Å². The van der Waals surface area contributed by atoms with E-state index < -0.39 is 0 Å². The van der Waals surface area contributed by atoms with E-state index in [1.165, 1.54) is 22.2 Å². The fraction of sp³-hybridized carbons (Fsp3) is 0.120. The minimum Gasteiger partial charge on any atom is -0.270 e. The first-order chi connectivity index (χ1) is 15.5. The number of aromatic nitrogens is 3. The average Bonchev–Trinajstić information content (AvgIpc) is 3.34. The SMILES string of the molecule is Cc1ccc(-n2c(SCN3C(=O)c4ccccc4C3=O)nnc2-c2ccccc2)cc1C. The molecule has 32 heavy (non-hydrogen) atoms. The van der Waals surface area contributed by atoms with Gasteiger partial charge in [0.25, 0.3) is 11.8 Å². The van der Waals surface area contributed by atoms with Crippen LogP contribution in [0, 0.1) is 13.8 Å². The first kappa shape index (κ1) is 20.2. The zero-order chi connectivity index (χ0) is 22.2. The number of carbonyl (C=O) groups is 2. The maximum Gasteiger partial charge on any atom is 0.262 e. The highest BCUT2D eigenvalue weighted by atomic mass is 32.2. The monoisotopic (exact) mass is 440 g/mol. The molecule has 0 atom stereocenters. The lowest BCUT2D eigenvalue weighted by Gasteiger charge is -2.15. The summed E-state index contributed by atoms with van der Waals surface area (Å²) < 4.78 is 1.98. The van der Waals surface area contributed by atoms with Crippen LogP contribution in [-0.4, -0.2) is 37.4 Å². The Kier molecular flexibility index (Phi) is 5.11. The van der Waals surface area contributed by atoms with Crippen LogP contribution in [0.5, 0.6) is 0 Å². The van der Waals surface area contributed by atoms with Crippen LogP contribution in [-0.2, 0) is 0 Å². The molecule has 1 aliphatic rings. The smallest absolute Gasteiger partial charge is 0.262 e. The topological polar surface area (TPSA) is 68.1 Å². The number of hydrogen-bond donors (Lipinski definition) is 0. The molecule has 2 heterocycles. The van der Waals surface area contributed by atoms with Crippen LogP contribution in [0.2, 0.25) is 0 Å². The number of amides is 2. The molecule has 0 fully saturated rings. The van der Waals surface area contributed by atoms with Gasteiger partial charge in [-0.15, -0.1) is 10.2 Å². The third-order valence-electron chi connectivity index (χ3n) is 5.61. The molecule has 0 bridgehead atoms. The number of nitrogens with zero attached hydrogens (tertiary/aromatic N) is 4. The summed E-state index contributed by atoms with van der Waals surface area (Å²) in [6.45, 7) is 4.14. The lowest BCUT2D eigenvalue weighted by molar-refractivity contribution is 0.0684. The standard InChI is InChI=1S/C25H20N4O2S/c1-16-12-13-19(14-17(16)2)29-22(18-8-4-3-5-9-18)26-27-25(29)32-15-28-23(30)20-10-6-7-11-21(20)24(28)31/h3-14H,15H2,1-2H3. The second-order valence-corrected chi connectivity index (χ2v) is 8.55. The Labute approximate surface area is 189 Å². The second-order valence-electron chi connectivity index (χ2n) is 7.63. The molecular formula is C25H20N4O2S. The Morgan fingerprint density at radius 1 is 0.781 bits per heavy atom. The van der Waals surface area contributed by atoms with Crippen molar-refractivity contribution in [3.63, 3.8) is 0 Å². The summed E-state index contributed by atoms with van der Waals surface area (Å²) in [4.78, 5) is 26.7. The van der Waals surface area contributed by atoms with E-state index in [-0.39, 0.29) is 17.7 Å². The molecule has 0 saturated carbocycles. The van der Waals surface area contributed by atoms with Crippen LogP contribution in [0.15, 0.2) is 78.0 Å². The molecule has 7 heteroatoms. The van der Waals surface area contributed by atoms with E-state index in [4.69, 9.17) is 0 Å². The number of thioether (sulfide) groups is 1. The molecule has 4 aromatic rings. The third-order valence-corrected chi connectivity index (χ3v) is 6.52. The predicted octanol–water partition coefficient (Wildman–Crippen LogP) is 4.90. The summed E-state index contributed by atoms with van der Waals surface area (Å²) in [5.41, 5.74) is 5.11. The quantitative estimate of drug-likeness (QED) is 0.326. The van der Waals surface area contributed by atoms with E-state index in [9.17, 15) is 9.59 Å². The summed E-state index contributed by atoms with van der Waals surface area (Å²) in [5, 5.41) is 9.46. The van der Waals surface area contributed by atoms with Crippen molar-refractivity contribution in [3.05, 3.63) is 95.1 Å². The number of rotatable bonds is 5. The van der Waals surface area contributed by atoms with Crippen molar-refractivity contribution in [2.75, 3.05) is 5.88 Å². The van der Waals surface area contributed by atoms with Crippen molar-refractivity contribution in [2.45, 2.75) is 19.0 Å². The Morgan fingerprint density at radius 3 is 2.09 bits per heavy atom. The average molecular weight is 441 g/mol. The van der Waals surface area contributed by atoms with Crippen molar-refractivity contribution >= 4 is 23.6 Å². The lowest BCUT2D eigenvalue weighted by Crippen LogP contribution is -2.29. The molecule has 0 N–H and O–H groups in total. The molecule has 5 rings (SSSR count). The molecule has 0 saturated heterocycles. The second kappa shape index (κ2) is 8.09. The van der Waals surface area contributed by atoms with E-state index in [1.54, 1.807) is 24.3 Å². The minimum atomic E-state index is -0.279. The van der Waals surface area contributed by atoms with Gasteiger partial charge in [0, 0.05) is 5.56 Å². The summed E-state index contributed by atoms with van der Waals surface area (Å²) in [6, 6.07) is 22.9. The van der Waals surface area contributed by atoms with Crippen molar-refractivity contribution < 1.29 is 9.59 Å². The van der Waals surface area contributed by atoms with Gasteiger partial charge >= 0.3 is 0 Å². The van der Waals surface area contributed by atoms with E-state index >= 15 is 0 Å². The van der Waals surface area contributed by atoms with Crippen LogP contribution in [0.25, 0.3) is 17.1 Å². The molecule has 2 amide bonds. The molecule has 6 nitrogen and oxygen atoms in total. The van der Waals surface area contributed by atoms with E-state index in [2.05, 4.69) is 36.2 Å². The Morgan fingerprint density at radius 2 is 1.44 bits per heavy atom. The number of hydrogen-bond acceptors (Lipinski definition) is 5. The van der Waals surface area contributed by atoms with Crippen molar-refractivity contribution in [1.82, 2.24) is 19.7 Å². The highest BCUT2D eigenvalue weighted by Gasteiger charge is 2.35. The number of carbonyl (C=O) groups excluding carboxylic acids is 2. The number of fused-ring (bicyclic) bond motifs is 1. The Hall–Kier alpha value is -3.71.